The summed E-state index contributed by atoms with van der Waals surface area (Å²) in [4.78, 5) is 3.04. The van der Waals surface area contributed by atoms with Crippen molar-refractivity contribution in [3.05, 3.63) is 11.6 Å². The second kappa shape index (κ2) is 8.34. The molecule has 2 heterocycles. The summed E-state index contributed by atoms with van der Waals surface area (Å²) in [6, 6.07) is 1.77. The third-order valence-electron chi connectivity index (χ3n) is 12.4. The van der Waals surface area contributed by atoms with E-state index in [0.29, 0.717) is 16.9 Å². The second-order valence-electron chi connectivity index (χ2n) is 13.8. The first-order chi connectivity index (χ1) is 15.9. The predicted molar refractivity (Wildman–Crippen MR) is 136 cm³/mol. The molecule has 3 saturated carbocycles. The van der Waals surface area contributed by atoms with E-state index in [0.717, 1.165) is 67.2 Å². The Morgan fingerprint density at radius 3 is 2.73 bits per heavy atom. The molecule has 0 aromatic heterocycles. The summed E-state index contributed by atoms with van der Waals surface area (Å²) in [7, 11) is 0. The van der Waals surface area contributed by atoms with Crippen LogP contribution < -0.4 is 5.73 Å². The van der Waals surface area contributed by atoms with Gasteiger partial charge in [-0.15, -0.1) is 0 Å². The molecule has 3 heteroatoms. The Kier molecular flexibility index (Phi) is 5.82. The predicted octanol–water partition coefficient (Wildman–Crippen LogP) is 6.03. The lowest BCUT2D eigenvalue weighted by atomic mass is 9.47. The van der Waals surface area contributed by atoms with Crippen LogP contribution >= 0.6 is 0 Å². The molecule has 0 aromatic carbocycles. The average Bonchev–Trinajstić information content (AvgIpc) is 3.26. The van der Waals surface area contributed by atoms with Gasteiger partial charge in [0.25, 0.3) is 0 Å². The fourth-order valence-corrected chi connectivity index (χ4v) is 10.8. The van der Waals surface area contributed by atoms with E-state index in [4.69, 9.17) is 10.5 Å². The van der Waals surface area contributed by atoms with Crippen molar-refractivity contribution in [3.63, 3.8) is 0 Å². The summed E-state index contributed by atoms with van der Waals surface area (Å²) >= 11 is 0. The number of piperidine rings is 1. The van der Waals surface area contributed by atoms with Crippen LogP contribution in [0.25, 0.3) is 0 Å². The van der Waals surface area contributed by atoms with E-state index in [1.807, 2.05) is 0 Å². The highest BCUT2D eigenvalue weighted by molar-refractivity contribution is 5.26. The summed E-state index contributed by atoms with van der Waals surface area (Å²) in [5, 5.41) is 0. The van der Waals surface area contributed by atoms with E-state index in [1.54, 1.807) is 5.57 Å². The lowest BCUT2D eigenvalue weighted by molar-refractivity contribution is -0.0640. The van der Waals surface area contributed by atoms with Crippen LogP contribution in [0.15, 0.2) is 11.6 Å². The maximum atomic E-state index is 6.23. The highest BCUT2D eigenvalue weighted by atomic mass is 16.5. The quantitative estimate of drug-likeness (QED) is 0.416. The minimum absolute atomic E-state index is 0.434. The van der Waals surface area contributed by atoms with E-state index >= 15 is 0 Å². The minimum Gasteiger partial charge on any atom is -0.378 e. The number of rotatable bonds is 4. The highest BCUT2D eigenvalue weighted by Crippen LogP contribution is 2.69. The molecule has 0 aromatic rings. The van der Waals surface area contributed by atoms with Crippen molar-refractivity contribution in [2.75, 3.05) is 19.7 Å². The van der Waals surface area contributed by atoms with Gasteiger partial charge in [0.15, 0.2) is 0 Å². The summed E-state index contributed by atoms with van der Waals surface area (Å²) in [6.45, 7) is 13.5. The zero-order valence-electron chi connectivity index (χ0n) is 21.9. The number of nitrogens with zero attached hydrogens (tertiary/aromatic N) is 1. The lowest BCUT2D eigenvalue weighted by Crippen LogP contribution is -2.51. The van der Waals surface area contributed by atoms with E-state index in [2.05, 4.69) is 38.7 Å². The van der Waals surface area contributed by atoms with Crippen molar-refractivity contribution in [1.29, 1.82) is 0 Å². The third-order valence-corrected chi connectivity index (χ3v) is 12.4. The van der Waals surface area contributed by atoms with Gasteiger partial charge in [0.1, 0.15) is 0 Å². The van der Waals surface area contributed by atoms with Gasteiger partial charge >= 0.3 is 0 Å². The van der Waals surface area contributed by atoms with E-state index in [1.165, 1.54) is 64.3 Å². The van der Waals surface area contributed by atoms with Gasteiger partial charge in [-0.3, -0.25) is 4.90 Å². The van der Waals surface area contributed by atoms with Crippen LogP contribution in [-0.2, 0) is 4.74 Å². The van der Waals surface area contributed by atoms with Crippen molar-refractivity contribution in [3.8, 4) is 0 Å². The van der Waals surface area contributed by atoms with Gasteiger partial charge in [-0.2, -0.15) is 0 Å². The van der Waals surface area contributed by atoms with E-state index in [9.17, 15) is 0 Å². The van der Waals surface area contributed by atoms with E-state index < -0.39 is 0 Å². The molecule has 0 spiro atoms. The van der Waals surface area contributed by atoms with E-state index in [-0.39, 0.29) is 0 Å². The van der Waals surface area contributed by atoms with Crippen LogP contribution in [0.2, 0.25) is 0 Å². The topological polar surface area (TPSA) is 38.5 Å². The van der Waals surface area contributed by atoms with Crippen LogP contribution in [0, 0.1) is 46.3 Å². The molecule has 11 atom stereocenters. The van der Waals surface area contributed by atoms with Crippen LogP contribution in [0.4, 0.5) is 0 Å². The standard InChI is InChI=1S/C30H50N2O/c1-19-6-9-26-20(2)28-27(32(26)18-19)17-25-23-8-7-21-16-22(33-15-5-14-31)10-12-29(21,3)24(23)11-13-30(25,28)4/h7,19-20,22-28H,5-6,8-18,31H2,1-4H3/t19-,20+,22-,23?,24?,25?,26?,27?,28?,29-,30-/m0/s1. The summed E-state index contributed by atoms with van der Waals surface area (Å²) in [5.74, 6) is 5.53. The summed E-state index contributed by atoms with van der Waals surface area (Å²) in [5.41, 5.74) is 8.46. The van der Waals surface area contributed by atoms with Crippen molar-refractivity contribution < 1.29 is 4.74 Å². The first-order valence-corrected chi connectivity index (χ1v) is 14.6. The molecule has 33 heavy (non-hydrogen) atoms. The third kappa shape index (κ3) is 3.38. The second-order valence-corrected chi connectivity index (χ2v) is 13.8. The molecule has 2 saturated heterocycles. The Hall–Kier alpha value is -0.380. The fraction of sp³-hybridized carbons (Fsp3) is 0.933. The SMILES string of the molecule is C[C@H]1CCC2[C@@H](C)C3C(CC4C5CC=C6C[C@@H](OCCCN)CC[C@]6(C)C5CC[C@@]43C)N2C1. The molecule has 0 amide bonds. The van der Waals surface area contributed by atoms with Gasteiger partial charge in [-0.1, -0.05) is 39.3 Å². The van der Waals surface area contributed by atoms with Crippen molar-refractivity contribution in [1.82, 2.24) is 4.90 Å². The normalized spacial score (nSPS) is 53.5. The molecule has 5 fully saturated rings. The lowest BCUT2D eigenvalue weighted by Gasteiger charge is -2.58. The molecule has 3 nitrogen and oxygen atoms in total. The van der Waals surface area contributed by atoms with Crippen molar-refractivity contribution in [2.24, 2.45) is 52.1 Å². The fourth-order valence-electron chi connectivity index (χ4n) is 10.8. The van der Waals surface area contributed by atoms with Gasteiger partial charge < -0.3 is 10.5 Å². The number of fused-ring (bicyclic) bond motifs is 9. The Balaban J connectivity index is 1.23. The molecule has 0 radical (unpaired) electrons. The van der Waals surface area contributed by atoms with Crippen molar-refractivity contribution >= 4 is 0 Å². The van der Waals surface area contributed by atoms with Gasteiger partial charge in [0, 0.05) is 25.2 Å². The highest BCUT2D eigenvalue weighted by Gasteiger charge is 2.66. The maximum absolute atomic E-state index is 6.23. The minimum atomic E-state index is 0.434. The Bertz CT molecular complexity index is 779. The smallest absolute Gasteiger partial charge is 0.0612 e. The molecule has 6 rings (SSSR count). The molecule has 6 unspecified atom stereocenters. The average molecular weight is 455 g/mol. The van der Waals surface area contributed by atoms with Crippen LogP contribution in [-0.4, -0.2) is 42.8 Å². The molecule has 0 bridgehead atoms. The van der Waals surface area contributed by atoms with Crippen LogP contribution in [0.5, 0.6) is 0 Å². The Labute approximate surface area is 203 Å². The molecular weight excluding hydrogens is 404 g/mol. The molecule has 4 aliphatic carbocycles. The van der Waals surface area contributed by atoms with Crippen LogP contribution in [0.3, 0.4) is 0 Å². The molecule has 2 aliphatic heterocycles. The van der Waals surface area contributed by atoms with Gasteiger partial charge in [0.05, 0.1) is 6.10 Å². The zero-order valence-corrected chi connectivity index (χ0v) is 21.9. The number of hydrogen-bond donors (Lipinski definition) is 1. The first-order valence-electron chi connectivity index (χ1n) is 14.6. The number of ether oxygens (including phenoxy) is 1. The van der Waals surface area contributed by atoms with Gasteiger partial charge in [-0.05, 0) is 117 Å². The zero-order chi connectivity index (χ0) is 23.0. The molecule has 6 aliphatic rings. The monoisotopic (exact) mass is 454 g/mol. The largest absolute Gasteiger partial charge is 0.378 e. The molecular formula is C30H50N2O. The van der Waals surface area contributed by atoms with Crippen molar-refractivity contribution in [2.45, 2.75) is 110 Å². The number of nitrogens with two attached hydrogens (primary N) is 1. The first kappa shape index (κ1) is 23.0. The van der Waals surface area contributed by atoms with Gasteiger partial charge in [0.2, 0.25) is 0 Å². The molecule has 2 N–H and O–H groups in total. The van der Waals surface area contributed by atoms with Gasteiger partial charge in [-0.25, -0.2) is 0 Å². The summed E-state index contributed by atoms with van der Waals surface area (Å²) in [6.07, 6.45) is 16.6. The number of hydrogen-bond acceptors (Lipinski definition) is 3. The maximum Gasteiger partial charge on any atom is 0.0612 e. The number of allylic oxidation sites excluding steroid dienone is 1. The summed E-state index contributed by atoms with van der Waals surface area (Å²) < 4.78 is 6.23. The Morgan fingerprint density at radius 1 is 1.06 bits per heavy atom. The molecule has 186 valence electrons. The van der Waals surface area contributed by atoms with Crippen LogP contribution in [0.1, 0.15) is 91.9 Å². The Morgan fingerprint density at radius 2 is 1.91 bits per heavy atom.